The molecule has 1 heterocycles. The van der Waals surface area contributed by atoms with Gasteiger partial charge < -0.3 is 9.74 Å². The van der Waals surface area contributed by atoms with Gasteiger partial charge in [0.1, 0.15) is 6.04 Å². The second-order valence-electron chi connectivity index (χ2n) is 6.71. The fourth-order valence-corrected chi connectivity index (χ4v) is 3.38. The molecule has 0 saturated carbocycles. The van der Waals surface area contributed by atoms with Crippen LogP contribution in [-0.2, 0) is 14.0 Å². The van der Waals surface area contributed by atoms with Gasteiger partial charge in [0.05, 0.1) is 12.0 Å². The molecule has 0 spiro atoms. The number of β-lactam (4-membered cyclic amide) rings is 1. The molecule has 3 atom stereocenters. The van der Waals surface area contributed by atoms with E-state index in [2.05, 4.69) is 39.2 Å². The highest BCUT2D eigenvalue weighted by Gasteiger charge is 2.48. The number of carbonyl (C=O) groups excluding carboxylic acids is 2. The molecule has 0 radical (unpaired) electrons. The molecule has 0 aromatic carbocycles. The van der Waals surface area contributed by atoms with Crippen LogP contribution in [0.25, 0.3) is 0 Å². The molecule has 1 amide bonds. The number of nitrogens with one attached hydrogen (secondary N) is 1. The number of Topliss-reactive ketones (excluding diaryl/α,β-unsaturated/α-hetero) is 1. The molecule has 0 aliphatic carbocycles. The standard InChI is InChI=1S/C13H25NO3Si/c1-8(15)11-10(12(16)14-11)9(2)17-18(6,7)13(3,4)5/h9-11H,1-7H3,(H,14,16). The van der Waals surface area contributed by atoms with Crippen molar-refractivity contribution in [2.24, 2.45) is 5.92 Å². The number of hydrogen-bond donors (Lipinski definition) is 1. The van der Waals surface area contributed by atoms with E-state index >= 15 is 0 Å². The van der Waals surface area contributed by atoms with E-state index in [1.165, 1.54) is 6.92 Å². The lowest BCUT2D eigenvalue weighted by molar-refractivity contribution is -0.146. The molecule has 18 heavy (non-hydrogen) atoms. The molecular formula is C13H25NO3Si. The van der Waals surface area contributed by atoms with E-state index in [1.54, 1.807) is 0 Å². The van der Waals surface area contributed by atoms with E-state index in [4.69, 9.17) is 4.43 Å². The number of carbonyl (C=O) groups is 2. The predicted molar refractivity (Wildman–Crippen MR) is 73.8 cm³/mol. The Morgan fingerprint density at radius 1 is 1.39 bits per heavy atom. The van der Waals surface area contributed by atoms with E-state index in [0.717, 1.165) is 0 Å². The second kappa shape index (κ2) is 4.77. The molecule has 0 bridgehead atoms. The van der Waals surface area contributed by atoms with Gasteiger partial charge >= 0.3 is 0 Å². The second-order valence-corrected chi connectivity index (χ2v) is 11.5. The van der Waals surface area contributed by atoms with E-state index in [-0.39, 0.29) is 34.8 Å². The minimum absolute atomic E-state index is 0.00489. The van der Waals surface area contributed by atoms with Crippen molar-refractivity contribution >= 4 is 20.0 Å². The van der Waals surface area contributed by atoms with Crippen molar-refractivity contribution in [1.82, 2.24) is 5.32 Å². The molecule has 1 fully saturated rings. The summed E-state index contributed by atoms with van der Waals surface area (Å²) in [6.07, 6.45) is -0.200. The molecule has 1 saturated heterocycles. The quantitative estimate of drug-likeness (QED) is 0.629. The summed E-state index contributed by atoms with van der Waals surface area (Å²) >= 11 is 0. The van der Waals surface area contributed by atoms with Crippen molar-refractivity contribution in [3.05, 3.63) is 0 Å². The predicted octanol–water partition coefficient (Wildman–Crippen LogP) is 2.10. The zero-order valence-corrected chi connectivity index (χ0v) is 13.5. The number of hydrogen-bond acceptors (Lipinski definition) is 3. The summed E-state index contributed by atoms with van der Waals surface area (Å²) in [5, 5.41) is 2.75. The Balaban J connectivity index is 2.74. The van der Waals surface area contributed by atoms with Gasteiger partial charge in [-0.25, -0.2) is 0 Å². The summed E-state index contributed by atoms with van der Waals surface area (Å²) in [5.41, 5.74) is 0. The van der Waals surface area contributed by atoms with Gasteiger partial charge in [0, 0.05) is 0 Å². The molecule has 1 N–H and O–H groups in total. The van der Waals surface area contributed by atoms with Gasteiger partial charge in [-0.1, -0.05) is 20.8 Å². The third kappa shape index (κ3) is 2.83. The van der Waals surface area contributed by atoms with Gasteiger partial charge in [-0.3, -0.25) is 9.59 Å². The first-order valence-corrected chi connectivity index (χ1v) is 9.37. The first-order chi connectivity index (χ1) is 7.97. The lowest BCUT2D eigenvalue weighted by atomic mass is 9.84. The van der Waals surface area contributed by atoms with Crippen molar-refractivity contribution in [3.8, 4) is 0 Å². The van der Waals surface area contributed by atoms with Gasteiger partial charge in [0.25, 0.3) is 0 Å². The zero-order chi connectivity index (χ0) is 14.3. The zero-order valence-electron chi connectivity index (χ0n) is 12.5. The van der Waals surface area contributed by atoms with Crippen LogP contribution in [0, 0.1) is 5.92 Å². The van der Waals surface area contributed by atoms with Crippen LogP contribution in [-0.4, -0.2) is 32.2 Å². The van der Waals surface area contributed by atoms with Crippen molar-refractivity contribution < 1.29 is 14.0 Å². The molecule has 1 aliphatic rings. The lowest BCUT2D eigenvalue weighted by Gasteiger charge is -2.44. The lowest BCUT2D eigenvalue weighted by Crippen LogP contribution is -2.66. The monoisotopic (exact) mass is 271 g/mol. The fourth-order valence-electron chi connectivity index (χ4n) is 1.95. The Morgan fingerprint density at radius 2 is 1.89 bits per heavy atom. The topological polar surface area (TPSA) is 55.4 Å². The third-order valence-corrected chi connectivity index (χ3v) is 8.76. The molecule has 0 aromatic rings. The average Bonchev–Trinajstić information content (AvgIpc) is 2.10. The smallest absolute Gasteiger partial charge is 0.228 e. The van der Waals surface area contributed by atoms with Gasteiger partial charge in [0.15, 0.2) is 14.1 Å². The van der Waals surface area contributed by atoms with Crippen molar-refractivity contribution in [1.29, 1.82) is 0 Å². The molecule has 3 unspecified atom stereocenters. The van der Waals surface area contributed by atoms with Crippen LogP contribution in [0.5, 0.6) is 0 Å². The Labute approximate surface area is 111 Å². The van der Waals surface area contributed by atoms with Crippen LogP contribution >= 0.6 is 0 Å². The number of amides is 1. The molecule has 1 rings (SSSR count). The van der Waals surface area contributed by atoms with Crippen molar-refractivity contribution in [3.63, 3.8) is 0 Å². The highest BCUT2D eigenvalue weighted by molar-refractivity contribution is 6.74. The summed E-state index contributed by atoms with van der Waals surface area (Å²) in [6, 6.07) is -0.364. The van der Waals surface area contributed by atoms with Crippen molar-refractivity contribution in [2.45, 2.75) is 64.9 Å². The average molecular weight is 271 g/mol. The van der Waals surface area contributed by atoms with Gasteiger partial charge in [-0.2, -0.15) is 0 Å². The van der Waals surface area contributed by atoms with Gasteiger partial charge in [0.2, 0.25) is 5.91 Å². The van der Waals surface area contributed by atoms with Crippen LogP contribution in [0.4, 0.5) is 0 Å². The van der Waals surface area contributed by atoms with Crippen LogP contribution < -0.4 is 5.32 Å². The van der Waals surface area contributed by atoms with E-state index in [1.807, 2.05) is 6.92 Å². The minimum atomic E-state index is -1.90. The van der Waals surface area contributed by atoms with Crippen LogP contribution in [0.1, 0.15) is 34.6 Å². The van der Waals surface area contributed by atoms with E-state index in [9.17, 15) is 9.59 Å². The molecule has 104 valence electrons. The number of ketones is 1. The summed E-state index contributed by atoms with van der Waals surface area (Å²) in [5.74, 6) is -0.386. The molecular weight excluding hydrogens is 246 g/mol. The van der Waals surface area contributed by atoms with Crippen LogP contribution in [0.2, 0.25) is 18.1 Å². The van der Waals surface area contributed by atoms with Gasteiger partial charge in [-0.15, -0.1) is 0 Å². The molecule has 5 heteroatoms. The SMILES string of the molecule is CC(=O)C1NC(=O)C1C(C)O[Si](C)(C)C(C)(C)C. The van der Waals surface area contributed by atoms with Crippen molar-refractivity contribution in [2.75, 3.05) is 0 Å². The normalized spacial score (nSPS) is 26.3. The van der Waals surface area contributed by atoms with Gasteiger partial charge in [-0.05, 0) is 32.0 Å². The highest BCUT2D eigenvalue weighted by Crippen LogP contribution is 2.38. The Bertz CT molecular complexity index is 360. The molecule has 4 nitrogen and oxygen atoms in total. The summed E-state index contributed by atoms with van der Waals surface area (Å²) < 4.78 is 6.18. The molecule has 1 aliphatic heterocycles. The van der Waals surface area contributed by atoms with Crippen LogP contribution in [0.15, 0.2) is 0 Å². The molecule has 0 aromatic heterocycles. The number of rotatable bonds is 4. The largest absolute Gasteiger partial charge is 0.413 e. The third-order valence-electron chi connectivity index (χ3n) is 4.19. The Morgan fingerprint density at radius 3 is 2.22 bits per heavy atom. The maximum Gasteiger partial charge on any atom is 0.228 e. The van der Waals surface area contributed by atoms with E-state index in [0.29, 0.717) is 0 Å². The fraction of sp³-hybridized carbons (Fsp3) is 0.846. The summed E-state index contributed by atoms with van der Waals surface area (Å²) in [7, 11) is -1.90. The van der Waals surface area contributed by atoms with Crippen LogP contribution in [0.3, 0.4) is 0 Å². The van der Waals surface area contributed by atoms with E-state index < -0.39 is 8.32 Å². The maximum atomic E-state index is 11.6. The Hall–Kier alpha value is -0.683. The summed E-state index contributed by atoms with van der Waals surface area (Å²) in [6.45, 7) is 14.2. The summed E-state index contributed by atoms with van der Waals surface area (Å²) in [4.78, 5) is 23.0. The maximum absolute atomic E-state index is 11.6. The first kappa shape index (κ1) is 15.4. The Kier molecular flexibility index (Phi) is 4.08. The first-order valence-electron chi connectivity index (χ1n) is 6.46. The minimum Gasteiger partial charge on any atom is -0.413 e. The highest BCUT2D eigenvalue weighted by atomic mass is 28.4.